The van der Waals surface area contributed by atoms with Gasteiger partial charge in [0, 0.05) is 25.4 Å². The number of nitrogens with zero attached hydrogens (tertiary/aromatic N) is 3. The smallest absolute Gasteiger partial charge is 0.225 e. The van der Waals surface area contributed by atoms with Crippen molar-refractivity contribution in [1.29, 1.82) is 0 Å². The van der Waals surface area contributed by atoms with Gasteiger partial charge in [0.2, 0.25) is 5.91 Å². The van der Waals surface area contributed by atoms with Gasteiger partial charge in [-0.3, -0.25) is 14.7 Å². The van der Waals surface area contributed by atoms with E-state index < -0.39 is 0 Å². The Balaban J connectivity index is 1.76. The molecule has 0 radical (unpaired) electrons. The fourth-order valence-corrected chi connectivity index (χ4v) is 4.78. The highest BCUT2D eigenvalue weighted by Gasteiger charge is 2.34. The van der Waals surface area contributed by atoms with E-state index in [-0.39, 0.29) is 12.1 Å². The number of amides is 1. The van der Waals surface area contributed by atoms with Gasteiger partial charge in [0.1, 0.15) is 6.17 Å². The third kappa shape index (κ3) is 3.94. The second-order valence-electron chi connectivity index (χ2n) is 6.68. The summed E-state index contributed by atoms with van der Waals surface area (Å²) in [7, 11) is 2.07. The largest absolute Gasteiger partial charge is 0.333 e. The van der Waals surface area contributed by atoms with E-state index >= 15 is 0 Å². The van der Waals surface area contributed by atoms with Gasteiger partial charge in [-0.2, -0.15) is 0 Å². The van der Waals surface area contributed by atoms with Crippen molar-refractivity contribution in [1.82, 2.24) is 4.90 Å². The Kier molecular flexibility index (Phi) is 5.82. The number of rotatable bonds is 3. The van der Waals surface area contributed by atoms with Crippen molar-refractivity contribution in [3.63, 3.8) is 0 Å². The van der Waals surface area contributed by atoms with E-state index in [1.165, 1.54) is 38.5 Å². The van der Waals surface area contributed by atoms with Gasteiger partial charge in [-0.25, -0.2) is 0 Å². The van der Waals surface area contributed by atoms with Gasteiger partial charge in [0.25, 0.3) is 0 Å². The standard InChI is InChI=1S/C19H27N3OS/c1-15(23)22(17-12-8-5-9-13-17)18-14-24-19(21(18)2)20-16-10-6-3-4-7-11-16/h5,8-9,12-13,16,18H,3-4,6-7,10-11,14H2,1-2H3. The Morgan fingerprint density at radius 1 is 1.17 bits per heavy atom. The van der Waals surface area contributed by atoms with Crippen LogP contribution in [0.3, 0.4) is 0 Å². The molecule has 0 aromatic heterocycles. The molecule has 0 N–H and O–H groups in total. The average Bonchev–Trinajstić information content (AvgIpc) is 2.79. The maximum absolute atomic E-state index is 12.3. The Labute approximate surface area is 149 Å². The molecule has 3 rings (SSSR count). The molecule has 1 atom stereocenters. The number of hydrogen-bond acceptors (Lipinski definition) is 3. The molecule has 1 unspecified atom stereocenters. The van der Waals surface area contributed by atoms with Crippen LogP contribution in [0.2, 0.25) is 0 Å². The molecule has 4 nitrogen and oxygen atoms in total. The van der Waals surface area contributed by atoms with Crippen molar-refractivity contribution in [3.05, 3.63) is 30.3 Å². The van der Waals surface area contributed by atoms with E-state index in [1.54, 1.807) is 18.7 Å². The zero-order valence-corrected chi connectivity index (χ0v) is 15.5. The maximum Gasteiger partial charge on any atom is 0.225 e. The molecule has 1 aliphatic heterocycles. The Morgan fingerprint density at radius 3 is 2.46 bits per heavy atom. The van der Waals surface area contributed by atoms with Crippen LogP contribution >= 0.6 is 11.8 Å². The Morgan fingerprint density at radius 2 is 1.83 bits per heavy atom. The summed E-state index contributed by atoms with van der Waals surface area (Å²) in [5.74, 6) is 0.950. The topological polar surface area (TPSA) is 35.9 Å². The zero-order valence-electron chi connectivity index (χ0n) is 14.6. The predicted molar refractivity (Wildman–Crippen MR) is 103 cm³/mol. The van der Waals surface area contributed by atoms with Gasteiger partial charge in [-0.15, -0.1) is 0 Å². The fraction of sp³-hybridized carbons (Fsp3) is 0.579. The Hall–Kier alpha value is -1.49. The molecular formula is C19H27N3OS. The highest BCUT2D eigenvalue weighted by atomic mass is 32.2. The van der Waals surface area contributed by atoms with Gasteiger partial charge in [0.15, 0.2) is 5.17 Å². The van der Waals surface area contributed by atoms with Crippen molar-refractivity contribution >= 4 is 28.5 Å². The lowest BCUT2D eigenvalue weighted by molar-refractivity contribution is -0.117. The van der Waals surface area contributed by atoms with E-state index in [9.17, 15) is 4.79 Å². The van der Waals surface area contributed by atoms with E-state index in [1.807, 2.05) is 35.2 Å². The first-order chi connectivity index (χ1) is 11.7. The first-order valence-electron chi connectivity index (χ1n) is 8.95. The number of hydrogen-bond donors (Lipinski definition) is 0. The molecule has 1 amide bonds. The first kappa shape index (κ1) is 17.3. The molecule has 24 heavy (non-hydrogen) atoms. The lowest BCUT2D eigenvalue weighted by Gasteiger charge is -2.33. The van der Waals surface area contributed by atoms with E-state index in [4.69, 9.17) is 4.99 Å². The number of benzene rings is 1. The van der Waals surface area contributed by atoms with Gasteiger partial charge >= 0.3 is 0 Å². The second-order valence-corrected chi connectivity index (χ2v) is 7.67. The third-order valence-electron chi connectivity index (χ3n) is 4.90. The number of thioether (sulfide) groups is 1. The van der Waals surface area contributed by atoms with Gasteiger partial charge in [-0.1, -0.05) is 55.6 Å². The van der Waals surface area contributed by atoms with E-state index in [0.29, 0.717) is 6.04 Å². The molecule has 2 aliphatic rings. The summed E-state index contributed by atoms with van der Waals surface area (Å²) in [4.78, 5) is 21.4. The summed E-state index contributed by atoms with van der Waals surface area (Å²) in [5.41, 5.74) is 0.957. The molecule has 2 fully saturated rings. The van der Waals surface area contributed by atoms with Gasteiger partial charge < -0.3 is 4.90 Å². The minimum absolute atomic E-state index is 0.0411. The Bertz CT molecular complexity index is 582. The van der Waals surface area contributed by atoms with Crippen molar-refractivity contribution in [2.45, 2.75) is 57.7 Å². The number of aliphatic imine (C=N–C) groups is 1. The number of carbonyl (C=O) groups is 1. The van der Waals surface area contributed by atoms with Gasteiger partial charge in [0.05, 0.1) is 6.04 Å². The zero-order chi connectivity index (χ0) is 16.9. The van der Waals surface area contributed by atoms with Gasteiger partial charge in [-0.05, 0) is 25.0 Å². The van der Waals surface area contributed by atoms with Crippen LogP contribution < -0.4 is 4.90 Å². The maximum atomic E-state index is 12.3. The molecule has 1 saturated carbocycles. The summed E-state index contributed by atoms with van der Waals surface area (Å²) in [6.45, 7) is 1.64. The van der Waals surface area contributed by atoms with Crippen LogP contribution in [0, 0.1) is 0 Å². The molecule has 0 bridgehead atoms. The number of carbonyl (C=O) groups excluding carboxylic acids is 1. The molecule has 0 spiro atoms. The quantitative estimate of drug-likeness (QED) is 0.773. The molecular weight excluding hydrogens is 318 g/mol. The minimum atomic E-state index is 0.0411. The highest BCUT2D eigenvalue weighted by molar-refractivity contribution is 8.14. The number of para-hydroxylation sites is 1. The van der Waals surface area contributed by atoms with Crippen LogP contribution in [0.1, 0.15) is 45.4 Å². The molecule has 130 valence electrons. The van der Waals surface area contributed by atoms with E-state index in [0.717, 1.165) is 16.6 Å². The fourth-order valence-electron chi connectivity index (χ4n) is 3.56. The molecule has 1 aliphatic carbocycles. The van der Waals surface area contributed by atoms with E-state index in [2.05, 4.69) is 11.9 Å². The lowest BCUT2D eigenvalue weighted by atomic mass is 10.1. The van der Waals surface area contributed by atoms with Crippen LogP contribution in [0.5, 0.6) is 0 Å². The normalized spacial score (nSPS) is 24.2. The van der Waals surface area contributed by atoms with Crippen molar-refractivity contribution < 1.29 is 4.79 Å². The summed E-state index contributed by atoms with van der Waals surface area (Å²) in [5, 5.41) is 1.09. The predicted octanol–water partition coefficient (Wildman–Crippen LogP) is 4.12. The highest BCUT2D eigenvalue weighted by Crippen LogP contribution is 2.30. The summed E-state index contributed by atoms with van der Waals surface area (Å²) in [6.07, 6.45) is 7.73. The SMILES string of the molecule is CC(=O)N(c1ccccc1)C1CSC(=NC2CCCCCC2)N1C. The molecule has 1 saturated heterocycles. The number of anilines is 1. The van der Waals surface area contributed by atoms with Crippen LogP contribution in [0.15, 0.2) is 35.3 Å². The monoisotopic (exact) mass is 345 g/mol. The van der Waals surface area contributed by atoms with Crippen molar-refractivity contribution in [2.24, 2.45) is 4.99 Å². The third-order valence-corrected chi connectivity index (χ3v) is 6.02. The molecule has 5 heteroatoms. The second kappa shape index (κ2) is 8.06. The summed E-state index contributed by atoms with van der Waals surface area (Å²) >= 11 is 1.78. The average molecular weight is 346 g/mol. The summed E-state index contributed by atoms with van der Waals surface area (Å²) < 4.78 is 0. The number of amidine groups is 1. The molecule has 1 aromatic carbocycles. The lowest BCUT2D eigenvalue weighted by Crippen LogP contribution is -2.48. The first-order valence-corrected chi connectivity index (χ1v) is 9.93. The van der Waals surface area contributed by atoms with Crippen LogP contribution in [-0.2, 0) is 4.79 Å². The van der Waals surface area contributed by atoms with Crippen molar-refractivity contribution in [2.75, 3.05) is 17.7 Å². The summed E-state index contributed by atoms with van der Waals surface area (Å²) in [6, 6.07) is 10.4. The molecule has 1 heterocycles. The van der Waals surface area contributed by atoms with Crippen LogP contribution in [0.4, 0.5) is 5.69 Å². The van der Waals surface area contributed by atoms with Crippen LogP contribution in [0.25, 0.3) is 0 Å². The minimum Gasteiger partial charge on any atom is -0.333 e. The van der Waals surface area contributed by atoms with Crippen LogP contribution in [-0.4, -0.2) is 41.0 Å². The molecule has 1 aromatic rings. The van der Waals surface area contributed by atoms with Crippen molar-refractivity contribution in [3.8, 4) is 0 Å².